The van der Waals surface area contributed by atoms with Gasteiger partial charge < -0.3 is 10.1 Å². The van der Waals surface area contributed by atoms with Crippen LogP contribution in [0.4, 0.5) is 13.2 Å². The van der Waals surface area contributed by atoms with Crippen LogP contribution < -0.4 is 10.1 Å². The quantitative estimate of drug-likeness (QED) is 0.928. The molecule has 0 saturated carbocycles. The highest BCUT2D eigenvalue weighted by atomic mass is 19.1. The SMILES string of the molecule is CNC(c1ccc(OC)cc1F)c1cc(C)c(F)cc1F. The Kier molecular flexibility index (Phi) is 4.53. The molecule has 0 aliphatic rings. The van der Waals surface area contributed by atoms with Gasteiger partial charge in [-0.2, -0.15) is 0 Å². The summed E-state index contributed by atoms with van der Waals surface area (Å²) in [7, 11) is 3.03. The van der Waals surface area contributed by atoms with E-state index in [9.17, 15) is 13.2 Å². The molecule has 2 rings (SSSR count). The molecule has 0 amide bonds. The second-order valence-electron chi connectivity index (χ2n) is 4.73. The molecule has 21 heavy (non-hydrogen) atoms. The first kappa shape index (κ1) is 15.4. The second-order valence-corrected chi connectivity index (χ2v) is 4.73. The van der Waals surface area contributed by atoms with E-state index in [0.29, 0.717) is 11.3 Å². The third-order valence-corrected chi connectivity index (χ3v) is 3.40. The number of rotatable bonds is 4. The summed E-state index contributed by atoms with van der Waals surface area (Å²) in [6.45, 7) is 1.54. The summed E-state index contributed by atoms with van der Waals surface area (Å²) in [6.07, 6.45) is 0. The van der Waals surface area contributed by atoms with Crippen LogP contribution in [0.1, 0.15) is 22.7 Å². The fourth-order valence-corrected chi connectivity index (χ4v) is 2.25. The van der Waals surface area contributed by atoms with Crippen LogP contribution in [0, 0.1) is 24.4 Å². The number of hydrogen-bond acceptors (Lipinski definition) is 2. The molecule has 0 radical (unpaired) electrons. The lowest BCUT2D eigenvalue weighted by atomic mass is 9.96. The summed E-state index contributed by atoms with van der Waals surface area (Å²) >= 11 is 0. The fourth-order valence-electron chi connectivity index (χ4n) is 2.25. The van der Waals surface area contributed by atoms with Crippen molar-refractivity contribution in [3.63, 3.8) is 0 Å². The average Bonchev–Trinajstić information content (AvgIpc) is 2.46. The summed E-state index contributed by atoms with van der Waals surface area (Å²) < 4.78 is 46.5. The topological polar surface area (TPSA) is 21.3 Å². The van der Waals surface area contributed by atoms with E-state index >= 15 is 0 Å². The smallest absolute Gasteiger partial charge is 0.132 e. The van der Waals surface area contributed by atoms with Crippen molar-refractivity contribution in [3.05, 3.63) is 64.5 Å². The lowest BCUT2D eigenvalue weighted by Gasteiger charge is -2.19. The van der Waals surface area contributed by atoms with Crippen LogP contribution >= 0.6 is 0 Å². The van der Waals surface area contributed by atoms with Crippen molar-refractivity contribution in [1.82, 2.24) is 5.32 Å². The monoisotopic (exact) mass is 295 g/mol. The minimum atomic E-state index is -0.715. The normalized spacial score (nSPS) is 12.3. The van der Waals surface area contributed by atoms with E-state index in [1.54, 1.807) is 13.1 Å². The first-order chi connectivity index (χ1) is 9.97. The van der Waals surface area contributed by atoms with E-state index in [4.69, 9.17) is 4.74 Å². The van der Waals surface area contributed by atoms with Gasteiger partial charge in [-0.3, -0.25) is 0 Å². The largest absolute Gasteiger partial charge is 0.497 e. The molecule has 0 saturated heterocycles. The van der Waals surface area contributed by atoms with Crippen molar-refractivity contribution in [2.75, 3.05) is 14.2 Å². The zero-order valence-electron chi connectivity index (χ0n) is 12.0. The van der Waals surface area contributed by atoms with Gasteiger partial charge in [-0.25, -0.2) is 13.2 Å². The lowest BCUT2D eigenvalue weighted by molar-refractivity contribution is 0.410. The number of halogens is 3. The minimum Gasteiger partial charge on any atom is -0.497 e. The fraction of sp³-hybridized carbons (Fsp3) is 0.250. The lowest BCUT2D eigenvalue weighted by Crippen LogP contribution is -2.20. The second kappa shape index (κ2) is 6.18. The molecule has 0 heterocycles. The molecule has 0 aromatic heterocycles. The minimum absolute atomic E-state index is 0.195. The number of ether oxygens (including phenoxy) is 1. The Morgan fingerprint density at radius 3 is 2.19 bits per heavy atom. The van der Waals surface area contributed by atoms with Gasteiger partial charge in [0.2, 0.25) is 0 Å². The van der Waals surface area contributed by atoms with Gasteiger partial charge in [-0.1, -0.05) is 6.07 Å². The average molecular weight is 295 g/mol. The van der Waals surface area contributed by atoms with E-state index in [2.05, 4.69) is 5.32 Å². The van der Waals surface area contributed by atoms with Crippen LogP contribution in [0.2, 0.25) is 0 Å². The zero-order chi connectivity index (χ0) is 15.6. The van der Waals surface area contributed by atoms with Gasteiger partial charge in [0.25, 0.3) is 0 Å². The van der Waals surface area contributed by atoms with Crippen molar-refractivity contribution < 1.29 is 17.9 Å². The van der Waals surface area contributed by atoms with Crippen LogP contribution in [0.5, 0.6) is 5.75 Å². The Balaban J connectivity index is 2.52. The molecule has 2 aromatic carbocycles. The predicted octanol–water partition coefficient (Wildman–Crippen LogP) is 3.73. The van der Waals surface area contributed by atoms with Crippen molar-refractivity contribution in [3.8, 4) is 5.75 Å². The third-order valence-electron chi connectivity index (χ3n) is 3.40. The molecule has 5 heteroatoms. The molecule has 1 unspecified atom stereocenters. The van der Waals surface area contributed by atoms with Gasteiger partial charge in [-0.05, 0) is 31.7 Å². The summed E-state index contributed by atoms with van der Waals surface area (Å²) in [5.41, 5.74) is 0.768. The molecule has 0 fully saturated rings. The van der Waals surface area contributed by atoms with E-state index in [0.717, 1.165) is 6.07 Å². The first-order valence-electron chi connectivity index (χ1n) is 6.44. The molecule has 2 aromatic rings. The van der Waals surface area contributed by atoms with E-state index in [-0.39, 0.29) is 11.1 Å². The van der Waals surface area contributed by atoms with Gasteiger partial charge in [0, 0.05) is 23.3 Å². The molecule has 2 nitrogen and oxygen atoms in total. The summed E-state index contributed by atoms with van der Waals surface area (Å²) in [5.74, 6) is -1.48. The molecule has 0 aliphatic carbocycles. The molecule has 0 spiro atoms. The van der Waals surface area contributed by atoms with Gasteiger partial charge in [0.15, 0.2) is 0 Å². The highest BCUT2D eigenvalue weighted by Crippen LogP contribution is 2.29. The van der Waals surface area contributed by atoms with Crippen molar-refractivity contribution >= 4 is 0 Å². The molecule has 0 aliphatic heterocycles. The van der Waals surface area contributed by atoms with Gasteiger partial charge >= 0.3 is 0 Å². The van der Waals surface area contributed by atoms with Gasteiger partial charge in [-0.15, -0.1) is 0 Å². The summed E-state index contributed by atoms with van der Waals surface area (Å²) in [5, 5.41) is 2.86. The predicted molar refractivity (Wildman–Crippen MR) is 74.9 cm³/mol. The Labute approximate surface area is 121 Å². The molecule has 1 atom stereocenters. The Morgan fingerprint density at radius 1 is 0.952 bits per heavy atom. The van der Waals surface area contributed by atoms with Crippen LogP contribution in [0.3, 0.4) is 0 Å². The van der Waals surface area contributed by atoms with Crippen molar-refractivity contribution in [1.29, 1.82) is 0 Å². The number of nitrogens with one attached hydrogen (secondary N) is 1. The van der Waals surface area contributed by atoms with Gasteiger partial charge in [0.1, 0.15) is 23.2 Å². The van der Waals surface area contributed by atoms with Crippen LogP contribution in [-0.4, -0.2) is 14.2 Å². The number of methoxy groups -OCH3 is 1. The molecular formula is C16H16F3NO. The molecule has 0 bridgehead atoms. The Morgan fingerprint density at radius 2 is 1.62 bits per heavy atom. The van der Waals surface area contributed by atoms with Crippen molar-refractivity contribution in [2.24, 2.45) is 0 Å². The van der Waals surface area contributed by atoms with Crippen molar-refractivity contribution in [2.45, 2.75) is 13.0 Å². The molecule has 112 valence electrons. The van der Waals surface area contributed by atoms with Gasteiger partial charge in [0.05, 0.1) is 13.2 Å². The molecule has 1 N–H and O–H groups in total. The summed E-state index contributed by atoms with van der Waals surface area (Å²) in [4.78, 5) is 0. The zero-order valence-corrected chi connectivity index (χ0v) is 12.0. The van der Waals surface area contributed by atoms with E-state index in [1.165, 1.54) is 32.2 Å². The maximum atomic E-state index is 14.2. The molecular weight excluding hydrogens is 279 g/mol. The van der Waals surface area contributed by atoms with Crippen LogP contribution in [0.15, 0.2) is 30.3 Å². The Bertz CT molecular complexity index is 658. The summed E-state index contributed by atoms with van der Waals surface area (Å²) in [6, 6.07) is 5.83. The van der Waals surface area contributed by atoms with E-state index < -0.39 is 23.5 Å². The van der Waals surface area contributed by atoms with E-state index in [1.807, 2.05) is 0 Å². The van der Waals surface area contributed by atoms with Crippen LogP contribution in [-0.2, 0) is 0 Å². The Hall–Kier alpha value is -2.01. The standard InChI is InChI=1S/C16H16F3NO/c1-9-6-12(15(19)8-13(9)17)16(20-2)11-5-4-10(21-3)7-14(11)18/h4-8,16,20H,1-3H3. The first-order valence-corrected chi connectivity index (χ1v) is 6.44. The highest BCUT2D eigenvalue weighted by Gasteiger charge is 2.21. The number of aryl methyl sites for hydroxylation is 1. The third kappa shape index (κ3) is 3.03. The number of hydrogen-bond donors (Lipinski definition) is 1. The number of benzene rings is 2. The van der Waals surface area contributed by atoms with Crippen LogP contribution in [0.25, 0.3) is 0 Å². The maximum Gasteiger partial charge on any atom is 0.132 e. The maximum absolute atomic E-state index is 14.2. The highest BCUT2D eigenvalue weighted by molar-refractivity contribution is 5.38.